The monoisotopic (exact) mass is 815 g/mol. The predicted molar refractivity (Wildman–Crippen MR) is 252 cm³/mol. The van der Waals surface area contributed by atoms with Crippen LogP contribution < -0.4 is 0 Å². The lowest BCUT2D eigenvalue weighted by Crippen LogP contribution is -2.30. The van der Waals surface area contributed by atoms with Crippen LogP contribution in [0.4, 0.5) is 0 Å². The second-order valence-electron chi connectivity index (χ2n) is 17.1. The van der Waals surface area contributed by atoms with Crippen LogP contribution >= 0.6 is 0 Å². The molecule has 0 aliphatic rings. The van der Waals surface area contributed by atoms with Crippen molar-refractivity contribution < 1.29 is 23.8 Å². The van der Waals surface area contributed by atoms with Gasteiger partial charge in [0.25, 0.3) is 0 Å². The maximum atomic E-state index is 12.6. The molecule has 5 heteroatoms. The third-order valence-corrected chi connectivity index (χ3v) is 11.1. The van der Waals surface area contributed by atoms with E-state index in [9.17, 15) is 9.59 Å². The summed E-state index contributed by atoms with van der Waals surface area (Å²) < 4.78 is 17.3. The molecular weight excluding hydrogens is 717 g/mol. The van der Waals surface area contributed by atoms with E-state index < -0.39 is 6.10 Å². The molecule has 0 aliphatic heterocycles. The summed E-state index contributed by atoms with van der Waals surface area (Å²) in [4.78, 5) is 25.1. The van der Waals surface area contributed by atoms with E-state index in [1.54, 1.807) is 0 Å². The zero-order valence-electron chi connectivity index (χ0n) is 39.1. The first-order valence-electron chi connectivity index (χ1n) is 25.5. The van der Waals surface area contributed by atoms with E-state index in [2.05, 4.69) is 57.2 Å². The molecule has 340 valence electrons. The van der Waals surface area contributed by atoms with Gasteiger partial charge in [-0.25, -0.2) is 0 Å². The van der Waals surface area contributed by atoms with Crippen molar-refractivity contribution in [3.05, 3.63) is 36.5 Å². The van der Waals surface area contributed by atoms with E-state index >= 15 is 0 Å². The summed E-state index contributed by atoms with van der Waals surface area (Å²) in [6.45, 7) is 7.75. The molecule has 0 aromatic heterocycles. The fraction of sp³-hybridized carbons (Fsp3) is 0.849. The lowest BCUT2D eigenvalue weighted by Gasteiger charge is -2.18. The third kappa shape index (κ3) is 46.8. The number of carbonyl (C=O) groups excluding carboxylic acids is 2. The van der Waals surface area contributed by atoms with Crippen LogP contribution in [0, 0.1) is 0 Å². The van der Waals surface area contributed by atoms with Gasteiger partial charge in [0.2, 0.25) is 0 Å². The van der Waals surface area contributed by atoms with Crippen LogP contribution in [0.25, 0.3) is 0 Å². The highest BCUT2D eigenvalue weighted by molar-refractivity contribution is 5.70. The molecule has 1 unspecified atom stereocenters. The molecule has 0 saturated carbocycles. The van der Waals surface area contributed by atoms with Crippen LogP contribution in [-0.2, 0) is 23.8 Å². The zero-order chi connectivity index (χ0) is 42.1. The number of esters is 2. The Balaban J connectivity index is 3.99. The largest absolute Gasteiger partial charge is 0.462 e. The Labute approximate surface area is 361 Å². The maximum absolute atomic E-state index is 12.6. The molecule has 0 aromatic carbocycles. The van der Waals surface area contributed by atoms with Crippen molar-refractivity contribution in [1.82, 2.24) is 0 Å². The minimum absolute atomic E-state index is 0.0834. The van der Waals surface area contributed by atoms with Crippen molar-refractivity contribution >= 4 is 11.9 Å². The van der Waals surface area contributed by atoms with Crippen LogP contribution in [0.3, 0.4) is 0 Å². The Morgan fingerprint density at radius 1 is 0.379 bits per heavy atom. The number of allylic oxidation sites excluding steroid dienone is 6. The van der Waals surface area contributed by atoms with Gasteiger partial charge in [0, 0.05) is 19.4 Å². The first-order valence-corrected chi connectivity index (χ1v) is 25.5. The standard InChI is InChI=1S/C53H98O5/c1-4-7-10-13-15-17-19-21-23-25-26-27-29-31-33-35-37-39-42-45-48-56-49-51(58-53(55)47-44-40-12-9-6-3)50-57-52(54)46-43-41-38-36-34-32-30-28-24-22-20-18-16-14-11-8-5-2/h16,18,21-24,51H,4-15,17,19-20,25-50H2,1-3H3/b18-16-,23-21-,24-22-. The fourth-order valence-electron chi connectivity index (χ4n) is 7.30. The molecule has 0 amide bonds. The van der Waals surface area contributed by atoms with Crippen molar-refractivity contribution in [1.29, 1.82) is 0 Å². The topological polar surface area (TPSA) is 61.8 Å². The summed E-state index contributed by atoms with van der Waals surface area (Å²) >= 11 is 0. The molecule has 0 fully saturated rings. The molecule has 0 radical (unpaired) electrons. The van der Waals surface area contributed by atoms with Gasteiger partial charge in [-0.1, -0.05) is 211 Å². The summed E-state index contributed by atoms with van der Waals surface area (Å²) in [5, 5.41) is 0. The number of unbranched alkanes of at least 4 members (excludes halogenated alkanes) is 30. The van der Waals surface area contributed by atoms with Crippen LogP contribution in [0.15, 0.2) is 36.5 Å². The molecule has 0 bridgehead atoms. The highest BCUT2D eigenvalue weighted by Gasteiger charge is 2.17. The molecule has 0 rings (SSSR count). The van der Waals surface area contributed by atoms with Gasteiger partial charge >= 0.3 is 11.9 Å². The van der Waals surface area contributed by atoms with Crippen molar-refractivity contribution in [3.63, 3.8) is 0 Å². The molecule has 0 N–H and O–H groups in total. The third-order valence-electron chi connectivity index (χ3n) is 11.1. The van der Waals surface area contributed by atoms with Gasteiger partial charge in [0.1, 0.15) is 6.61 Å². The summed E-state index contributed by atoms with van der Waals surface area (Å²) in [6.07, 6.45) is 59.0. The Kier molecular flexibility index (Phi) is 47.9. The van der Waals surface area contributed by atoms with E-state index in [-0.39, 0.29) is 25.2 Å². The molecule has 0 saturated heterocycles. The molecular formula is C53H98O5. The molecule has 1 atom stereocenters. The number of carbonyl (C=O) groups is 2. The number of rotatable bonds is 47. The lowest BCUT2D eigenvalue weighted by atomic mass is 10.1. The molecule has 0 spiro atoms. The van der Waals surface area contributed by atoms with Gasteiger partial charge in [-0.3, -0.25) is 9.59 Å². The van der Waals surface area contributed by atoms with Crippen molar-refractivity contribution in [2.24, 2.45) is 0 Å². The first-order chi connectivity index (χ1) is 28.6. The Morgan fingerprint density at radius 3 is 1.19 bits per heavy atom. The van der Waals surface area contributed by atoms with E-state index in [0.29, 0.717) is 19.4 Å². The van der Waals surface area contributed by atoms with Gasteiger partial charge in [-0.15, -0.1) is 0 Å². The minimum atomic E-state index is -0.532. The Morgan fingerprint density at radius 2 is 0.724 bits per heavy atom. The van der Waals surface area contributed by atoms with Crippen LogP contribution in [0.2, 0.25) is 0 Å². The van der Waals surface area contributed by atoms with Crippen molar-refractivity contribution in [2.75, 3.05) is 19.8 Å². The highest BCUT2D eigenvalue weighted by Crippen LogP contribution is 2.14. The van der Waals surface area contributed by atoms with Gasteiger partial charge in [0.15, 0.2) is 6.10 Å². The van der Waals surface area contributed by atoms with Gasteiger partial charge in [-0.05, 0) is 77.0 Å². The normalized spacial score (nSPS) is 12.4. The average molecular weight is 815 g/mol. The van der Waals surface area contributed by atoms with Crippen molar-refractivity contribution in [2.45, 2.75) is 271 Å². The zero-order valence-corrected chi connectivity index (χ0v) is 39.1. The number of ether oxygens (including phenoxy) is 3. The smallest absolute Gasteiger partial charge is 0.306 e. The second kappa shape index (κ2) is 49.5. The first kappa shape index (κ1) is 56.1. The molecule has 58 heavy (non-hydrogen) atoms. The minimum Gasteiger partial charge on any atom is -0.462 e. The predicted octanol–water partition coefficient (Wildman–Crippen LogP) is 17.0. The number of hydrogen-bond acceptors (Lipinski definition) is 5. The van der Waals surface area contributed by atoms with Crippen LogP contribution in [0.1, 0.15) is 265 Å². The molecule has 0 heterocycles. The van der Waals surface area contributed by atoms with Crippen molar-refractivity contribution in [3.8, 4) is 0 Å². The molecule has 0 aromatic rings. The van der Waals surface area contributed by atoms with Gasteiger partial charge in [0.05, 0.1) is 6.61 Å². The highest BCUT2D eigenvalue weighted by atomic mass is 16.6. The fourth-order valence-corrected chi connectivity index (χ4v) is 7.30. The Bertz CT molecular complexity index is 924. The Hall–Kier alpha value is -1.88. The summed E-state index contributed by atoms with van der Waals surface area (Å²) in [5.41, 5.74) is 0. The van der Waals surface area contributed by atoms with Crippen LogP contribution in [0.5, 0.6) is 0 Å². The van der Waals surface area contributed by atoms with E-state index in [0.717, 1.165) is 57.8 Å². The van der Waals surface area contributed by atoms with Gasteiger partial charge in [-0.2, -0.15) is 0 Å². The van der Waals surface area contributed by atoms with E-state index in [1.807, 2.05) is 0 Å². The lowest BCUT2D eigenvalue weighted by molar-refractivity contribution is -0.163. The summed E-state index contributed by atoms with van der Waals surface area (Å²) in [6, 6.07) is 0. The average Bonchev–Trinajstić information content (AvgIpc) is 3.22. The summed E-state index contributed by atoms with van der Waals surface area (Å²) in [7, 11) is 0. The quantitative estimate of drug-likeness (QED) is 0.0348. The second-order valence-corrected chi connectivity index (χ2v) is 17.1. The number of hydrogen-bond donors (Lipinski definition) is 0. The van der Waals surface area contributed by atoms with E-state index in [4.69, 9.17) is 14.2 Å². The summed E-state index contributed by atoms with van der Waals surface area (Å²) in [5.74, 6) is -0.410. The van der Waals surface area contributed by atoms with Gasteiger partial charge < -0.3 is 14.2 Å². The van der Waals surface area contributed by atoms with E-state index in [1.165, 1.54) is 173 Å². The molecule has 5 nitrogen and oxygen atoms in total. The SMILES string of the molecule is CCCCC/C=C\C/C=C\CCCCCCCCCC(=O)OCC(COCCCCCCCCCCCC/C=C\CCCCCCCC)OC(=O)CCCCCCC. The maximum Gasteiger partial charge on any atom is 0.306 e. The van der Waals surface area contributed by atoms with Crippen LogP contribution in [-0.4, -0.2) is 37.9 Å². The molecule has 0 aliphatic carbocycles.